The highest BCUT2D eigenvalue weighted by Gasteiger charge is 2.17. The molecule has 0 unspecified atom stereocenters. The van der Waals surface area contributed by atoms with Gasteiger partial charge in [-0.2, -0.15) is 0 Å². The molecule has 1 aromatic carbocycles. The van der Waals surface area contributed by atoms with E-state index in [-0.39, 0.29) is 11.9 Å². The van der Waals surface area contributed by atoms with Crippen LogP contribution in [0.5, 0.6) is 5.75 Å². The molecule has 0 amide bonds. The minimum atomic E-state index is -0.380. The van der Waals surface area contributed by atoms with Crippen LogP contribution in [-0.2, 0) is 4.79 Å². The second-order valence-corrected chi connectivity index (χ2v) is 4.02. The second kappa shape index (κ2) is 4.83. The van der Waals surface area contributed by atoms with Crippen molar-refractivity contribution in [3.63, 3.8) is 0 Å². The first-order valence-corrected chi connectivity index (χ1v) is 5.49. The Morgan fingerprint density at radius 2 is 1.76 bits per heavy atom. The fraction of sp³-hybridized carbons (Fsp3) is 0.133. The van der Waals surface area contributed by atoms with Crippen molar-refractivity contribution in [2.45, 2.75) is 6.92 Å². The van der Waals surface area contributed by atoms with E-state index in [1.54, 1.807) is 12.1 Å². The van der Waals surface area contributed by atoms with Gasteiger partial charge in [0.1, 0.15) is 5.75 Å². The number of benzene rings is 1. The van der Waals surface area contributed by atoms with E-state index in [1.807, 2.05) is 43.4 Å². The molecule has 2 heteroatoms. The molecule has 0 bridgehead atoms. The van der Waals surface area contributed by atoms with Gasteiger partial charge in [0.05, 0.1) is 0 Å². The number of ether oxygens (including phenoxy) is 1. The zero-order chi connectivity index (χ0) is 12.3. The Balaban J connectivity index is 2.01. The molecular weight excluding hydrogens is 212 g/mol. The smallest absolute Gasteiger partial charge is 0.339 e. The quantitative estimate of drug-likeness (QED) is 0.449. The molecular formula is C15H14O2. The third-order valence-electron chi connectivity index (χ3n) is 2.64. The maximum Gasteiger partial charge on any atom is 0.339 e. The fourth-order valence-corrected chi connectivity index (χ4v) is 1.58. The third kappa shape index (κ3) is 2.72. The summed E-state index contributed by atoms with van der Waals surface area (Å²) < 4.78 is 5.24. The summed E-state index contributed by atoms with van der Waals surface area (Å²) in [6.45, 7) is 5.76. The minimum absolute atomic E-state index is 0.0343. The molecule has 0 fully saturated rings. The van der Waals surface area contributed by atoms with Gasteiger partial charge in [-0.05, 0) is 19.1 Å². The van der Waals surface area contributed by atoms with E-state index in [9.17, 15) is 4.79 Å². The van der Waals surface area contributed by atoms with Gasteiger partial charge in [-0.3, -0.25) is 0 Å². The molecule has 86 valence electrons. The number of hydrogen-bond acceptors (Lipinski definition) is 2. The van der Waals surface area contributed by atoms with Crippen molar-refractivity contribution in [2.24, 2.45) is 5.92 Å². The monoisotopic (exact) mass is 226 g/mol. The van der Waals surface area contributed by atoms with E-state index < -0.39 is 0 Å². The van der Waals surface area contributed by atoms with E-state index in [0.29, 0.717) is 11.3 Å². The van der Waals surface area contributed by atoms with Gasteiger partial charge in [0, 0.05) is 11.5 Å². The number of esters is 1. The lowest BCUT2D eigenvalue weighted by atomic mass is 10.0. The van der Waals surface area contributed by atoms with Crippen LogP contribution in [0.3, 0.4) is 0 Å². The summed E-state index contributed by atoms with van der Waals surface area (Å²) in [6.07, 6.45) is 7.63. The van der Waals surface area contributed by atoms with Crippen LogP contribution in [0.2, 0.25) is 0 Å². The average Bonchev–Trinajstić information content (AvgIpc) is 2.84. The Labute approximate surface area is 101 Å². The fourth-order valence-electron chi connectivity index (χ4n) is 1.58. The van der Waals surface area contributed by atoms with Crippen molar-refractivity contribution in [3.8, 4) is 5.75 Å². The van der Waals surface area contributed by atoms with Crippen molar-refractivity contribution < 1.29 is 9.53 Å². The van der Waals surface area contributed by atoms with Crippen LogP contribution in [0.15, 0.2) is 60.7 Å². The lowest BCUT2D eigenvalue weighted by Crippen LogP contribution is -2.14. The maximum atomic E-state index is 11.8. The Morgan fingerprint density at radius 3 is 2.35 bits per heavy atom. The van der Waals surface area contributed by atoms with Gasteiger partial charge >= 0.3 is 5.97 Å². The van der Waals surface area contributed by atoms with Crippen molar-refractivity contribution in [1.29, 1.82) is 0 Å². The van der Waals surface area contributed by atoms with Gasteiger partial charge in [-0.1, -0.05) is 48.6 Å². The lowest BCUT2D eigenvalue weighted by molar-refractivity contribution is -0.130. The highest BCUT2D eigenvalue weighted by molar-refractivity contribution is 5.91. The Morgan fingerprint density at radius 1 is 1.18 bits per heavy atom. The first-order valence-electron chi connectivity index (χ1n) is 5.49. The molecule has 0 heterocycles. The van der Waals surface area contributed by atoms with Gasteiger partial charge in [-0.25, -0.2) is 4.79 Å². The van der Waals surface area contributed by atoms with Gasteiger partial charge < -0.3 is 4.74 Å². The van der Waals surface area contributed by atoms with E-state index in [2.05, 4.69) is 6.58 Å². The largest absolute Gasteiger partial charge is 0.423 e. The van der Waals surface area contributed by atoms with Crippen LogP contribution in [-0.4, -0.2) is 5.97 Å². The molecule has 0 aliphatic heterocycles. The molecule has 0 radical (unpaired) electrons. The summed E-state index contributed by atoms with van der Waals surface area (Å²) in [6, 6.07) is 7.36. The molecule has 1 aliphatic carbocycles. The summed E-state index contributed by atoms with van der Waals surface area (Å²) in [5.74, 6) is 0.135. The predicted molar refractivity (Wildman–Crippen MR) is 67.7 cm³/mol. The van der Waals surface area contributed by atoms with Gasteiger partial charge in [-0.15, -0.1) is 0 Å². The highest BCUT2D eigenvalue weighted by atomic mass is 16.5. The summed E-state index contributed by atoms with van der Waals surface area (Å²) in [5.41, 5.74) is 1.58. The first kappa shape index (κ1) is 11.4. The normalized spacial score (nSPS) is 13.9. The zero-order valence-electron chi connectivity index (χ0n) is 9.72. The lowest BCUT2D eigenvalue weighted by Gasteiger charge is -2.09. The molecule has 0 atom stereocenters. The molecule has 2 nitrogen and oxygen atoms in total. The molecule has 0 saturated heterocycles. The van der Waals surface area contributed by atoms with E-state index in [1.165, 1.54) is 0 Å². The average molecular weight is 226 g/mol. The number of aryl methyl sites for hydroxylation is 1. The van der Waals surface area contributed by atoms with Crippen molar-refractivity contribution in [2.75, 3.05) is 0 Å². The van der Waals surface area contributed by atoms with Crippen LogP contribution < -0.4 is 4.74 Å². The summed E-state index contributed by atoms with van der Waals surface area (Å²) in [4.78, 5) is 11.8. The zero-order valence-corrected chi connectivity index (χ0v) is 9.72. The molecule has 0 aromatic heterocycles. The third-order valence-corrected chi connectivity index (χ3v) is 2.64. The van der Waals surface area contributed by atoms with E-state index >= 15 is 0 Å². The van der Waals surface area contributed by atoms with Gasteiger partial charge in [0.25, 0.3) is 0 Å². The Kier molecular flexibility index (Phi) is 3.24. The first-order chi connectivity index (χ1) is 8.16. The number of rotatable bonds is 3. The maximum absolute atomic E-state index is 11.8. The van der Waals surface area contributed by atoms with Crippen LogP contribution in [0.1, 0.15) is 5.56 Å². The highest BCUT2D eigenvalue weighted by Crippen LogP contribution is 2.20. The van der Waals surface area contributed by atoms with Crippen LogP contribution in [0, 0.1) is 12.8 Å². The topological polar surface area (TPSA) is 26.3 Å². The molecule has 0 N–H and O–H groups in total. The number of hydrogen-bond donors (Lipinski definition) is 0. The molecule has 1 aromatic rings. The van der Waals surface area contributed by atoms with Gasteiger partial charge in [0.2, 0.25) is 0 Å². The minimum Gasteiger partial charge on any atom is -0.423 e. The molecule has 1 aliphatic rings. The van der Waals surface area contributed by atoms with E-state index in [0.717, 1.165) is 5.56 Å². The Bertz CT molecular complexity index is 480. The van der Waals surface area contributed by atoms with Crippen molar-refractivity contribution >= 4 is 5.97 Å². The van der Waals surface area contributed by atoms with Gasteiger partial charge in [0.15, 0.2) is 0 Å². The van der Waals surface area contributed by atoms with Crippen LogP contribution in [0.4, 0.5) is 0 Å². The summed E-state index contributed by atoms with van der Waals surface area (Å²) in [7, 11) is 0. The van der Waals surface area contributed by atoms with Crippen molar-refractivity contribution in [1.82, 2.24) is 0 Å². The number of carbonyl (C=O) groups excluding carboxylic acids is 1. The second-order valence-electron chi connectivity index (χ2n) is 4.02. The number of allylic oxidation sites excluding steroid dienone is 4. The SMILES string of the molecule is C=C(C(=O)Oc1ccc(C)cc1)C1C=CC=C1. The number of carbonyl (C=O) groups is 1. The van der Waals surface area contributed by atoms with Crippen molar-refractivity contribution in [3.05, 3.63) is 66.3 Å². The molecule has 0 spiro atoms. The standard InChI is InChI=1S/C15H14O2/c1-11-7-9-14(10-8-11)17-15(16)12(2)13-5-3-4-6-13/h3-10,13H,2H2,1H3. The molecule has 2 rings (SSSR count). The Hall–Kier alpha value is -2.09. The summed E-state index contributed by atoms with van der Waals surface area (Å²) in [5, 5.41) is 0. The summed E-state index contributed by atoms with van der Waals surface area (Å²) >= 11 is 0. The molecule has 0 saturated carbocycles. The molecule has 17 heavy (non-hydrogen) atoms. The predicted octanol–water partition coefficient (Wildman–Crippen LogP) is 3.20. The van der Waals surface area contributed by atoms with Crippen LogP contribution in [0.25, 0.3) is 0 Å². The van der Waals surface area contributed by atoms with E-state index in [4.69, 9.17) is 4.74 Å². The van der Waals surface area contributed by atoms with Crippen LogP contribution >= 0.6 is 0 Å².